The minimum absolute atomic E-state index is 0.345. The molecule has 0 unspecified atom stereocenters. The highest BCUT2D eigenvalue weighted by Crippen LogP contribution is 2.17. The lowest BCUT2D eigenvalue weighted by atomic mass is 10.2. The molecule has 0 bridgehead atoms. The van der Waals surface area contributed by atoms with Crippen LogP contribution < -0.4 is 0 Å². The van der Waals surface area contributed by atoms with Crippen LogP contribution in [0, 0.1) is 6.92 Å². The molecule has 1 rings (SSSR count). The molecule has 70 valence electrons. The van der Waals surface area contributed by atoms with Gasteiger partial charge in [-0.2, -0.15) is 0 Å². The minimum atomic E-state index is -0.345. The second kappa shape index (κ2) is 4.37. The lowest BCUT2D eigenvalue weighted by molar-refractivity contribution is 0.0525. The van der Waals surface area contributed by atoms with Crippen molar-refractivity contribution in [1.29, 1.82) is 0 Å². The van der Waals surface area contributed by atoms with Crippen molar-refractivity contribution in [2.24, 2.45) is 0 Å². The van der Waals surface area contributed by atoms with Crippen molar-refractivity contribution in [3.8, 4) is 0 Å². The summed E-state index contributed by atoms with van der Waals surface area (Å²) in [5.41, 5.74) is 1.33. The average molecular weight is 244 g/mol. The zero-order chi connectivity index (χ0) is 9.84. The normalized spacial score (nSPS) is 9.77. The highest BCUT2D eigenvalue weighted by atomic mass is 79.9. The minimum Gasteiger partial charge on any atom is -0.462 e. The van der Waals surface area contributed by atoms with Crippen molar-refractivity contribution in [3.63, 3.8) is 0 Å². The summed E-state index contributed by atoms with van der Waals surface area (Å²) in [5, 5.41) is 0. The Morgan fingerprint density at radius 3 is 2.92 bits per heavy atom. The number of carbonyl (C=O) groups excluding carboxylic acids is 1. The first-order valence-corrected chi connectivity index (χ1v) is 4.73. The quantitative estimate of drug-likeness (QED) is 0.749. The van der Waals surface area contributed by atoms with Gasteiger partial charge in [-0.05, 0) is 35.8 Å². The Hall–Kier alpha value is -0.900. The van der Waals surface area contributed by atoms with Crippen LogP contribution >= 0.6 is 15.9 Å². The fourth-order valence-electron chi connectivity index (χ4n) is 0.885. The van der Waals surface area contributed by atoms with Gasteiger partial charge in [0.1, 0.15) is 0 Å². The van der Waals surface area contributed by atoms with Gasteiger partial charge in [0.15, 0.2) is 0 Å². The van der Waals surface area contributed by atoms with E-state index in [0.29, 0.717) is 12.2 Å². The Balaban J connectivity index is 2.95. The number of halogens is 1. The molecule has 3 nitrogen and oxygen atoms in total. The summed E-state index contributed by atoms with van der Waals surface area (Å²) < 4.78 is 5.56. The Kier molecular flexibility index (Phi) is 3.42. The summed E-state index contributed by atoms with van der Waals surface area (Å²) in [5.74, 6) is -0.345. The largest absolute Gasteiger partial charge is 0.462 e. The molecule has 0 N–H and O–H groups in total. The van der Waals surface area contributed by atoms with Crippen LogP contribution in [-0.4, -0.2) is 17.6 Å². The SMILES string of the molecule is CCOC(=O)c1cnc(C)cc1Br. The summed E-state index contributed by atoms with van der Waals surface area (Å²) in [4.78, 5) is 15.3. The van der Waals surface area contributed by atoms with Crippen LogP contribution in [0.4, 0.5) is 0 Å². The lowest BCUT2D eigenvalue weighted by Crippen LogP contribution is -2.06. The van der Waals surface area contributed by atoms with E-state index in [0.717, 1.165) is 10.2 Å². The van der Waals surface area contributed by atoms with Crippen LogP contribution in [0.1, 0.15) is 23.0 Å². The smallest absolute Gasteiger partial charge is 0.340 e. The molecule has 0 saturated heterocycles. The summed E-state index contributed by atoms with van der Waals surface area (Å²) in [7, 11) is 0. The number of nitrogens with zero attached hydrogens (tertiary/aromatic N) is 1. The molecule has 0 amide bonds. The van der Waals surface area contributed by atoms with Gasteiger partial charge in [0.05, 0.1) is 12.2 Å². The molecular weight excluding hydrogens is 234 g/mol. The summed E-state index contributed by atoms with van der Waals surface area (Å²) in [6.45, 7) is 4.01. The topological polar surface area (TPSA) is 39.2 Å². The predicted octanol–water partition coefficient (Wildman–Crippen LogP) is 2.33. The summed E-state index contributed by atoms with van der Waals surface area (Å²) >= 11 is 3.28. The second-order valence-corrected chi connectivity index (χ2v) is 3.38. The van der Waals surface area contributed by atoms with E-state index in [9.17, 15) is 4.79 Å². The van der Waals surface area contributed by atoms with Crippen LogP contribution in [0.2, 0.25) is 0 Å². The molecule has 0 saturated carbocycles. The number of hydrogen-bond donors (Lipinski definition) is 0. The van der Waals surface area contributed by atoms with Crippen LogP contribution in [0.25, 0.3) is 0 Å². The van der Waals surface area contributed by atoms with Crippen LogP contribution in [-0.2, 0) is 4.74 Å². The molecule has 0 spiro atoms. The van der Waals surface area contributed by atoms with E-state index in [1.54, 1.807) is 13.0 Å². The van der Waals surface area contributed by atoms with Gasteiger partial charge in [0, 0.05) is 16.4 Å². The first-order valence-electron chi connectivity index (χ1n) is 3.94. The zero-order valence-electron chi connectivity index (χ0n) is 7.50. The maximum Gasteiger partial charge on any atom is 0.340 e. The van der Waals surface area contributed by atoms with Crippen molar-refractivity contribution >= 4 is 21.9 Å². The average Bonchev–Trinajstić information content (AvgIpc) is 2.04. The molecule has 0 radical (unpaired) electrons. The molecule has 0 atom stereocenters. The second-order valence-electron chi connectivity index (χ2n) is 2.53. The van der Waals surface area contributed by atoms with Crippen LogP contribution in [0.3, 0.4) is 0 Å². The monoisotopic (exact) mass is 243 g/mol. The van der Waals surface area contributed by atoms with E-state index in [1.165, 1.54) is 6.20 Å². The van der Waals surface area contributed by atoms with Gasteiger partial charge in [-0.15, -0.1) is 0 Å². The van der Waals surface area contributed by atoms with Gasteiger partial charge in [0.25, 0.3) is 0 Å². The van der Waals surface area contributed by atoms with Crippen LogP contribution in [0.15, 0.2) is 16.7 Å². The van der Waals surface area contributed by atoms with Gasteiger partial charge in [-0.1, -0.05) is 0 Å². The number of carbonyl (C=O) groups is 1. The summed E-state index contributed by atoms with van der Waals surface area (Å²) in [6, 6.07) is 1.78. The standard InChI is InChI=1S/C9H10BrNO2/c1-3-13-9(12)7-5-11-6(2)4-8(7)10/h4-5H,3H2,1-2H3. The molecular formula is C9H10BrNO2. The highest BCUT2D eigenvalue weighted by molar-refractivity contribution is 9.10. The summed E-state index contributed by atoms with van der Waals surface area (Å²) in [6.07, 6.45) is 1.51. The molecule has 0 aliphatic heterocycles. The first kappa shape index (κ1) is 10.2. The number of pyridine rings is 1. The first-order chi connectivity index (χ1) is 6.15. The van der Waals surface area contributed by atoms with E-state index >= 15 is 0 Å². The molecule has 0 fully saturated rings. The Morgan fingerprint density at radius 1 is 1.69 bits per heavy atom. The Bertz CT molecular complexity index is 325. The molecule has 0 aliphatic rings. The van der Waals surface area contributed by atoms with E-state index in [4.69, 9.17) is 4.74 Å². The maximum atomic E-state index is 11.3. The molecule has 13 heavy (non-hydrogen) atoms. The third-order valence-corrected chi connectivity index (χ3v) is 2.14. The number of aromatic nitrogens is 1. The van der Waals surface area contributed by atoms with Gasteiger partial charge in [-0.3, -0.25) is 4.98 Å². The van der Waals surface area contributed by atoms with Gasteiger partial charge in [0.2, 0.25) is 0 Å². The predicted molar refractivity (Wildman–Crippen MR) is 52.6 cm³/mol. The van der Waals surface area contributed by atoms with Crippen LogP contribution in [0.5, 0.6) is 0 Å². The van der Waals surface area contributed by atoms with Gasteiger partial charge >= 0.3 is 5.97 Å². The number of ether oxygens (including phenoxy) is 1. The van der Waals surface area contributed by atoms with E-state index in [1.807, 2.05) is 6.92 Å². The number of rotatable bonds is 2. The molecule has 0 aliphatic carbocycles. The molecule has 1 aromatic rings. The fraction of sp³-hybridized carbons (Fsp3) is 0.333. The number of esters is 1. The molecule has 0 aromatic carbocycles. The van der Waals surface area contributed by atoms with E-state index < -0.39 is 0 Å². The van der Waals surface area contributed by atoms with Crippen molar-refractivity contribution in [1.82, 2.24) is 4.98 Å². The number of aryl methyl sites for hydroxylation is 1. The Morgan fingerprint density at radius 2 is 2.38 bits per heavy atom. The third-order valence-electron chi connectivity index (χ3n) is 1.49. The fourth-order valence-corrected chi connectivity index (χ4v) is 1.48. The maximum absolute atomic E-state index is 11.3. The van der Waals surface area contributed by atoms with Crippen molar-refractivity contribution < 1.29 is 9.53 Å². The molecule has 4 heteroatoms. The van der Waals surface area contributed by atoms with E-state index in [2.05, 4.69) is 20.9 Å². The van der Waals surface area contributed by atoms with Crippen molar-refractivity contribution in [2.75, 3.05) is 6.61 Å². The lowest BCUT2D eigenvalue weighted by Gasteiger charge is -2.03. The molecule has 1 heterocycles. The zero-order valence-corrected chi connectivity index (χ0v) is 9.09. The third kappa shape index (κ3) is 2.52. The Labute approximate surface area is 85.3 Å². The van der Waals surface area contributed by atoms with Crippen molar-refractivity contribution in [2.45, 2.75) is 13.8 Å². The molecule has 1 aromatic heterocycles. The van der Waals surface area contributed by atoms with E-state index in [-0.39, 0.29) is 5.97 Å². The van der Waals surface area contributed by atoms with Crippen molar-refractivity contribution in [3.05, 3.63) is 28.0 Å². The van der Waals surface area contributed by atoms with Gasteiger partial charge < -0.3 is 4.74 Å². The number of hydrogen-bond acceptors (Lipinski definition) is 3. The van der Waals surface area contributed by atoms with Gasteiger partial charge in [-0.25, -0.2) is 4.79 Å². The highest BCUT2D eigenvalue weighted by Gasteiger charge is 2.10.